The highest BCUT2D eigenvalue weighted by molar-refractivity contribution is 7.98. The Bertz CT molecular complexity index is 385. The van der Waals surface area contributed by atoms with Crippen molar-refractivity contribution in [3.63, 3.8) is 0 Å². The first-order valence-corrected chi connectivity index (χ1v) is 6.72. The van der Waals surface area contributed by atoms with Crippen LogP contribution in [0.15, 0.2) is 17.6 Å². The molecule has 0 atom stereocenters. The minimum absolute atomic E-state index is 0.0482. The molecule has 0 aliphatic rings. The van der Waals surface area contributed by atoms with Gasteiger partial charge >= 0.3 is 0 Å². The maximum Gasteiger partial charge on any atom is 0.213 e. The average molecular weight is 233 g/mol. The standard InChI is InChI=1S/C7H11N3O2S2/c1-8-14(11,12)6-5-10-4-3-9-7(10)13-2/h1,3-4,8H,5-6H2,2H3. The first kappa shape index (κ1) is 11.5. The summed E-state index contributed by atoms with van der Waals surface area (Å²) in [6.45, 7) is 0.350. The lowest BCUT2D eigenvalue weighted by molar-refractivity contribution is 0.578. The third kappa shape index (κ3) is 3.00. The molecule has 2 radical (unpaired) electrons. The van der Waals surface area contributed by atoms with E-state index in [9.17, 15) is 8.42 Å². The third-order valence-electron chi connectivity index (χ3n) is 1.64. The molecule has 0 bridgehead atoms. The van der Waals surface area contributed by atoms with Crippen molar-refractivity contribution < 1.29 is 8.42 Å². The molecule has 1 aromatic rings. The van der Waals surface area contributed by atoms with Gasteiger partial charge < -0.3 is 4.57 Å². The van der Waals surface area contributed by atoms with E-state index in [0.29, 0.717) is 6.54 Å². The summed E-state index contributed by atoms with van der Waals surface area (Å²) >= 11 is 1.47. The highest BCUT2D eigenvalue weighted by Crippen LogP contribution is 2.11. The van der Waals surface area contributed by atoms with Gasteiger partial charge in [0.05, 0.1) is 12.8 Å². The number of thioether (sulfide) groups is 1. The highest BCUT2D eigenvalue weighted by atomic mass is 32.2. The van der Waals surface area contributed by atoms with Gasteiger partial charge in [-0.2, -0.15) is 0 Å². The molecule has 0 aromatic carbocycles. The predicted octanol–water partition coefficient (Wildman–Crippen LogP) is 0.193. The van der Waals surface area contributed by atoms with Crippen molar-refractivity contribution in [1.82, 2.24) is 14.3 Å². The molecule has 7 heteroatoms. The van der Waals surface area contributed by atoms with Gasteiger partial charge in [-0.15, -0.1) is 0 Å². The number of sulfonamides is 1. The molecule has 5 nitrogen and oxygen atoms in total. The van der Waals surface area contributed by atoms with Crippen molar-refractivity contribution in [2.24, 2.45) is 0 Å². The number of rotatable bonds is 5. The highest BCUT2D eigenvalue weighted by Gasteiger charge is 2.08. The zero-order chi connectivity index (χ0) is 10.6. The fourth-order valence-corrected chi connectivity index (χ4v) is 2.04. The summed E-state index contributed by atoms with van der Waals surface area (Å²) in [5, 5.41) is 0.789. The molecule has 0 aliphatic carbocycles. The van der Waals surface area contributed by atoms with E-state index < -0.39 is 10.0 Å². The van der Waals surface area contributed by atoms with Crippen LogP contribution in [0.5, 0.6) is 0 Å². The topological polar surface area (TPSA) is 64.0 Å². The molecule has 0 spiro atoms. The number of nitrogens with one attached hydrogen (secondary N) is 1. The van der Waals surface area contributed by atoms with E-state index in [4.69, 9.17) is 7.05 Å². The summed E-state index contributed by atoms with van der Waals surface area (Å²) in [6, 6.07) is 0. The van der Waals surface area contributed by atoms with Crippen LogP contribution >= 0.6 is 11.8 Å². The maximum atomic E-state index is 11.0. The molecule has 78 valence electrons. The Hall–Kier alpha value is -0.530. The van der Waals surface area contributed by atoms with Gasteiger partial charge in [0, 0.05) is 18.9 Å². The van der Waals surface area contributed by atoms with Gasteiger partial charge in [-0.3, -0.25) is 0 Å². The summed E-state index contributed by atoms with van der Waals surface area (Å²) in [7, 11) is 1.50. The predicted molar refractivity (Wildman–Crippen MR) is 55.2 cm³/mol. The Morgan fingerprint density at radius 3 is 3.00 bits per heavy atom. The van der Waals surface area contributed by atoms with Crippen LogP contribution in [0, 0.1) is 7.05 Å². The Balaban J connectivity index is 2.62. The van der Waals surface area contributed by atoms with Gasteiger partial charge in [-0.1, -0.05) is 11.8 Å². The fourth-order valence-electron chi connectivity index (χ4n) is 0.933. The Labute approximate surface area is 88.0 Å². The summed E-state index contributed by atoms with van der Waals surface area (Å²) in [6.07, 6.45) is 5.25. The quantitative estimate of drug-likeness (QED) is 0.582. The fraction of sp³-hybridized carbons (Fsp3) is 0.429. The summed E-state index contributed by atoms with van der Waals surface area (Å²) in [5.41, 5.74) is 0. The van der Waals surface area contributed by atoms with E-state index in [2.05, 4.69) is 4.98 Å². The van der Waals surface area contributed by atoms with Gasteiger partial charge in [-0.05, 0) is 6.26 Å². The third-order valence-corrected chi connectivity index (χ3v) is 3.42. The van der Waals surface area contributed by atoms with Crippen molar-refractivity contribution in [1.29, 1.82) is 0 Å². The smallest absolute Gasteiger partial charge is 0.213 e. The molecule has 0 saturated heterocycles. The zero-order valence-electron chi connectivity index (χ0n) is 7.67. The molecule has 0 fully saturated rings. The van der Waals surface area contributed by atoms with Crippen molar-refractivity contribution in [3.8, 4) is 0 Å². The maximum absolute atomic E-state index is 11.0. The van der Waals surface area contributed by atoms with E-state index in [1.807, 2.05) is 6.26 Å². The van der Waals surface area contributed by atoms with E-state index in [0.717, 1.165) is 5.16 Å². The molecule has 0 unspecified atom stereocenters. The van der Waals surface area contributed by atoms with E-state index in [1.165, 1.54) is 11.8 Å². The molecule has 14 heavy (non-hydrogen) atoms. The lowest BCUT2D eigenvalue weighted by Gasteiger charge is -2.05. The van der Waals surface area contributed by atoms with E-state index in [1.54, 1.807) is 21.7 Å². The normalized spacial score (nSPS) is 11.9. The first-order valence-electron chi connectivity index (χ1n) is 3.84. The number of hydrogen-bond acceptors (Lipinski definition) is 4. The summed E-state index contributed by atoms with van der Waals surface area (Å²) in [5.74, 6) is -0.0482. The van der Waals surface area contributed by atoms with Crippen LogP contribution in [0.4, 0.5) is 0 Å². The molecule has 1 rings (SSSR count). The monoisotopic (exact) mass is 233 g/mol. The summed E-state index contributed by atoms with van der Waals surface area (Å²) < 4.78 is 25.6. The Kier molecular flexibility index (Phi) is 3.97. The number of nitrogens with zero attached hydrogens (tertiary/aromatic N) is 2. The second-order valence-corrected chi connectivity index (χ2v) is 5.19. The minimum Gasteiger partial charge on any atom is -0.325 e. The van der Waals surface area contributed by atoms with Gasteiger partial charge in [0.2, 0.25) is 10.0 Å². The lowest BCUT2D eigenvalue weighted by Crippen LogP contribution is -2.23. The molecule has 1 heterocycles. The number of imidazole rings is 1. The first-order chi connectivity index (χ1) is 6.59. The minimum atomic E-state index is -3.35. The Morgan fingerprint density at radius 1 is 1.71 bits per heavy atom. The molecule has 1 N–H and O–H groups in total. The second kappa shape index (κ2) is 4.81. The molecule has 0 amide bonds. The van der Waals surface area contributed by atoms with Gasteiger partial charge in [0.1, 0.15) is 0 Å². The SMILES string of the molecule is [CH]NS(=O)(=O)CCn1ccnc1SC. The molecule has 1 aromatic heterocycles. The van der Waals surface area contributed by atoms with Crippen LogP contribution in [0.2, 0.25) is 0 Å². The van der Waals surface area contributed by atoms with Crippen molar-refractivity contribution in [2.75, 3.05) is 12.0 Å². The molecule has 0 aliphatic heterocycles. The molecular formula is C7H11N3O2S2. The second-order valence-electron chi connectivity index (χ2n) is 2.54. The van der Waals surface area contributed by atoms with E-state index >= 15 is 0 Å². The average Bonchev–Trinajstić information content (AvgIpc) is 2.62. The summed E-state index contributed by atoms with van der Waals surface area (Å²) in [4.78, 5) is 4.04. The van der Waals surface area contributed by atoms with Crippen LogP contribution in [0.3, 0.4) is 0 Å². The number of hydrogen-bond donors (Lipinski definition) is 1. The zero-order valence-corrected chi connectivity index (χ0v) is 9.31. The van der Waals surface area contributed by atoms with Crippen molar-refractivity contribution in [2.45, 2.75) is 11.7 Å². The van der Waals surface area contributed by atoms with Gasteiger partial charge in [0.15, 0.2) is 5.16 Å². The van der Waals surface area contributed by atoms with Crippen LogP contribution in [0.25, 0.3) is 0 Å². The van der Waals surface area contributed by atoms with E-state index in [-0.39, 0.29) is 5.75 Å². The van der Waals surface area contributed by atoms with Gasteiger partial charge in [-0.25, -0.2) is 18.1 Å². The van der Waals surface area contributed by atoms with Crippen LogP contribution in [0.1, 0.15) is 0 Å². The number of aryl methyl sites for hydroxylation is 1. The van der Waals surface area contributed by atoms with Crippen LogP contribution in [-0.2, 0) is 16.6 Å². The Morgan fingerprint density at radius 2 is 2.43 bits per heavy atom. The van der Waals surface area contributed by atoms with Crippen molar-refractivity contribution >= 4 is 21.8 Å². The van der Waals surface area contributed by atoms with Crippen LogP contribution in [-0.4, -0.2) is 30.0 Å². The lowest BCUT2D eigenvalue weighted by atomic mass is 10.7. The molecular weight excluding hydrogens is 222 g/mol. The largest absolute Gasteiger partial charge is 0.325 e. The van der Waals surface area contributed by atoms with Crippen molar-refractivity contribution in [3.05, 3.63) is 19.4 Å². The molecule has 0 saturated carbocycles. The number of aromatic nitrogens is 2. The van der Waals surface area contributed by atoms with Crippen LogP contribution < -0.4 is 4.72 Å². The van der Waals surface area contributed by atoms with Gasteiger partial charge in [0.25, 0.3) is 0 Å².